The molecule has 2 atom stereocenters. The number of aryl methyl sites for hydroxylation is 1. The SMILES string of the molecule is CCc1c(N=C[C@@H](NS(=O)[O-])C(=O)O)ncnc1N1CCC(c2ccc3c(n2)NCCC3)CC1. The fraction of sp³-hybridized carbons (Fsp3) is 0.500. The van der Waals surface area contributed by atoms with Crippen LogP contribution in [-0.4, -0.2) is 66.7 Å². The highest BCUT2D eigenvalue weighted by Crippen LogP contribution is 2.33. The number of nitrogens with zero attached hydrogens (tertiary/aromatic N) is 5. The molecule has 0 aliphatic carbocycles. The van der Waals surface area contributed by atoms with Crippen LogP contribution in [0.25, 0.3) is 0 Å². The van der Waals surface area contributed by atoms with E-state index in [0.717, 1.165) is 74.4 Å². The topological polar surface area (TPSA) is 156 Å². The molecule has 11 nitrogen and oxygen atoms in total. The molecule has 34 heavy (non-hydrogen) atoms. The van der Waals surface area contributed by atoms with Gasteiger partial charge in [0.25, 0.3) is 0 Å². The van der Waals surface area contributed by atoms with E-state index in [1.54, 1.807) is 0 Å². The Bertz CT molecular complexity index is 1090. The summed E-state index contributed by atoms with van der Waals surface area (Å²) in [6.07, 6.45) is 7.13. The molecule has 2 aliphatic heterocycles. The fourth-order valence-corrected chi connectivity index (χ4v) is 4.81. The summed E-state index contributed by atoms with van der Waals surface area (Å²) in [4.78, 5) is 31.2. The first-order valence-corrected chi connectivity index (χ1v) is 12.5. The molecule has 0 amide bonds. The van der Waals surface area contributed by atoms with Gasteiger partial charge < -0.3 is 19.9 Å². The molecule has 182 valence electrons. The summed E-state index contributed by atoms with van der Waals surface area (Å²) in [6, 6.07) is 2.88. The van der Waals surface area contributed by atoms with Crippen LogP contribution in [0.2, 0.25) is 0 Å². The molecule has 1 unspecified atom stereocenters. The number of nitrogens with one attached hydrogen (secondary N) is 2. The lowest BCUT2D eigenvalue weighted by Gasteiger charge is -2.34. The van der Waals surface area contributed by atoms with Crippen LogP contribution >= 0.6 is 0 Å². The molecular weight excluding hydrogens is 458 g/mol. The Hall–Kier alpha value is -2.96. The van der Waals surface area contributed by atoms with Gasteiger partial charge in [0.05, 0.1) is 0 Å². The Labute approximate surface area is 200 Å². The lowest BCUT2D eigenvalue weighted by molar-refractivity contribution is -0.137. The molecule has 3 N–H and O–H groups in total. The molecule has 0 bridgehead atoms. The first-order valence-electron chi connectivity index (χ1n) is 11.4. The van der Waals surface area contributed by atoms with E-state index in [1.807, 2.05) is 11.6 Å². The number of aromatic nitrogens is 3. The zero-order chi connectivity index (χ0) is 24.1. The van der Waals surface area contributed by atoms with E-state index in [2.05, 4.69) is 37.3 Å². The third-order valence-corrected chi connectivity index (χ3v) is 6.66. The number of fused-ring (bicyclic) bond motifs is 1. The van der Waals surface area contributed by atoms with E-state index in [-0.39, 0.29) is 0 Å². The monoisotopic (exact) mass is 486 g/mol. The zero-order valence-electron chi connectivity index (χ0n) is 18.9. The van der Waals surface area contributed by atoms with E-state index < -0.39 is 23.3 Å². The van der Waals surface area contributed by atoms with Crippen molar-refractivity contribution in [1.82, 2.24) is 19.7 Å². The number of rotatable bonds is 8. The van der Waals surface area contributed by atoms with Crippen molar-refractivity contribution in [3.8, 4) is 0 Å². The van der Waals surface area contributed by atoms with E-state index in [4.69, 9.17) is 4.98 Å². The summed E-state index contributed by atoms with van der Waals surface area (Å²) in [7, 11) is 0. The molecule has 2 aromatic heterocycles. The molecule has 4 heterocycles. The van der Waals surface area contributed by atoms with E-state index >= 15 is 0 Å². The van der Waals surface area contributed by atoms with Crippen molar-refractivity contribution in [1.29, 1.82) is 0 Å². The van der Waals surface area contributed by atoms with Gasteiger partial charge in [-0.05, 0) is 43.7 Å². The van der Waals surface area contributed by atoms with E-state index in [9.17, 15) is 18.7 Å². The quantitative estimate of drug-likeness (QED) is 0.373. The Morgan fingerprint density at radius 2 is 2.21 bits per heavy atom. The summed E-state index contributed by atoms with van der Waals surface area (Å²) >= 11 is -2.73. The maximum Gasteiger partial charge on any atom is 0.327 e. The number of aliphatic carboxylic acids is 1. The van der Waals surface area contributed by atoms with Crippen molar-refractivity contribution in [3.63, 3.8) is 0 Å². The van der Waals surface area contributed by atoms with Gasteiger partial charge >= 0.3 is 5.97 Å². The number of carboxylic acids is 1. The minimum Gasteiger partial charge on any atom is -0.760 e. The van der Waals surface area contributed by atoms with Gasteiger partial charge in [0.2, 0.25) is 0 Å². The van der Waals surface area contributed by atoms with Gasteiger partial charge in [0, 0.05) is 54.3 Å². The van der Waals surface area contributed by atoms with Crippen molar-refractivity contribution >= 4 is 40.9 Å². The smallest absolute Gasteiger partial charge is 0.327 e. The number of carboxylic acid groups (broad SMARTS) is 1. The molecule has 4 rings (SSSR count). The fourth-order valence-electron chi connectivity index (χ4n) is 4.45. The summed E-state index contributed by atoms with van der Waals surface area (Å²) in [5, 5.41) is 12.6. The van der Waals surface area contributed by atoms with Crippen molar-refractivity contribution in [2.45, 2.75) is 51.0 Å². The third-order valence-electron chi connectivity index (χ3n) is 6.22. The van der Waals surface area contributed by atoms with Gasteiger partial charge in [-0.15, -0.1) is 0 Å². The number of piperidine rings is 1. The predicted octanol–water partition coefficient (Wildman–Crippen LogP) is 1.72. The summed E-state index contributed by atoms with van der Waals surface area (Å²) in [6.45, 7) is 4.53. The Kier molecular flexibility index (Phi) is 7.80. The minimum atomic E-state index is -2.73. The van der Waals surface area contributed by atoms with Gasteiger partial charge in [-0.1, -0.05) is 13.0 Å². The van der Waals surface area contributed by atoms with Gasteiger partial charge in [-0.2, -0.15) is 0 Å². The molecular formula is C22H28N7O4S-. The molecule has 0 radical (unpaired) electrons. The van der Waals surface area contributed by atoms with Crippen LogP contribution < -0.4 is 14.9 Å². The molecule has 0 aromatic carbocycles. The average molecular weight is 487 g/mol. The second-order valence-corrected chi connectivity index (χ2v) is 9.04. The Balaban J connectivity index is 1.47. The van der Waals surface area contributed by atoms with E-state index in [1.165, 1.54) is 11.9 Å². The minimum absolute atomic E-state index is 0.335. The first-order chi connectivity index (χ1) is 16.5. The van der Waals surface area contributed by atoms with Crippen molar-refractivity contribution in [2.75, 3.05) is 29.9 Å². The standard InChI is InChI=1S/C22H29N7O4S/c1-2-16-20(24-12-18(22(30)31)28-34(32)33)25-13-26-21(16)29-10-7-14(8-11-29)17-6-5-15-4-3-9-23-19(15)27-17/h5-6,12-14,18,28H,2-4,7-11H2,1H3,(H,23,27)(H,30,31)(H,32,33)/p-1/t18-/m1/s1. The second kappa shape index (κ2) is 11.0. The second-order valence-electron chi connectivity index (χ2n) is 8.34. The number of carbonyl (C=O) groups is 1. The maximum atomic E-state index is 11.3. The van der Waals surface area contributed by atoms with Crippen LogP contribution in [0.1, 0.15) is 48.9 Å². The van der Waals surface area contributed by atoms with Crippen molar-refractivity contribution < 1.29 is 18.7 Å². The van der Waals surface area contributed by atoms with Crippen LogP contribution in [0.5, 0.6) is 0 Å². The summed E-state index contributed by atoms with van der Waals surface area (Å²) in [5.41, 5.74) is 3.20. The number of aliphatic imine (C=N–C) groups is 1. The highest BCUT2D eigenvalue weighted by atomic mass is 32.2. The third kappa shape index (κ3) is 5.57. The normalized spacial score (nSPS) is 18.4. The Morgan fingerprint density at radius 3 is 2.91 bits per heavy atom. The molecule has 1 fully saturated rings. The lowest BCUT2D eigenvalue weighted by atomic mass is 9.92. The highest BCUT2D eigenvalue weighted by Gasteiger charge is 2.26. The molecule has 2 aliphatic rings. The molecule has 12 heteroatoms. The van der Waals surface area contributed by atoms with Gasteiger partial charge in [-0.25, -0.2) is 24.7 Å². The number of hydrogen-bond donors (Lipinski definition) is 3. The zero-order valence-corrected chi connectivity index (χ0v) is 19.8. The van der Waals surface area contributed by atoms with Crippen LogP contribution in [-0.2, 0) is 28.9 Å². The largest absolute Gasteiger partial charge is 0.760 e. The van der Waals surface area contributed by atoms with Gasteiger partial charge in [0.1, 0.15) is 18.0 Å². The van der Waals surface area contributed by atoms with E-state index in [0.29, 0.717) is 18.2 Å². The van der Waals surface area contributed by atoms with Gasteiger partial charge in [-0.3, -0.25) is 9.00 Å². The number of pyridine rings is 1. The van der Waals surface area contributed by atoms with Crippen LogP contribution in [0, 0.1) is 0 Å². The average Bonchev–Trinajstić information content (AvgIpc) is 2.85. The van der Waals surface area contributed by atoms with Gasteiger partial charge in [0.15, 0.2) is 11.9 Å². The maximum absolute atomic E-state index is 11.3. The molecule has 0 spiro atoms. The van der Waals surface area contributed by atoms with Crippen LogP contribution in [0.4, 0.5) is 17.5 Å². The number of anilines is 2. The Morgan fingerprint density at radius 1 is 1.41 bits per heavy atom. The number of hydrogen-bond acceptors (Lipinski definition) is 9. The van der Waals surface area contributed by atoms with Crippen molar-refractivity contribution in [3.05, 3.63) is 35.3 Å². The van der Waals surface area contributed by atoms with Crippen LogP contribution in [0.3, 0.4) is 0 Å². The molecule has 0 saturated carbocycles. The predicted molar refractivity (Wildman–Crippen MR) is 128 cm³/mol. The summed E-state index contributed by atoms with van der Waals surface area (Å²) in [5.74, 6) is 1.16. The summed E-state index contributed by atoms with van der Waals surface area (Å²) < 4.78 is 23.6. The van der Waals surface area contributed by atoms with Crippen molar-refractivity contribution in [2.24, 2.45) is 4.99 Å². The lowest BCUT2D eigenvalue weighted by Crippen LogP contribution is -2.39. The van der Waals surface area contributed by atoms with Crippen LogP contribution in [0.15, 0.2) is 23.5 Å². The molecule has 2 aromatic rings. The first kappa shape index (κ1) is 24.2. The highest BCUT2D eigenvalue weighted by molar-refractivity contribution is 7.77. The molecule has 1 saturated heterocycles.